The molecule has 0 spiro atoms. The van der Waals surface area contributed by atoms with Crippen molar-refractivity contribution in [1.29, 1.82) is 0 Å². The Balaban J connectivity index is 2.12. The maximum Gasteiger partial charge on any atom is 0.371 e. The van der Waals surface area contributed by atoms with Crippen molar-refractivity contribution in [1.82, 2.24) is 4.57 Å². The van der Waals surface area contributed by atoms with Gasteiger partial charge in [-0.1, -0.05) is 29.3 Å². The molecule has 6 nitrogen and oxygen atoms in total. The van der Waals surface area contributed by atoms with Gasteiger partial charge in [0.2, 0.25) is 5.76 Å². The summed E-state index contributed by atoms with van der Waals surface area (Å²) in [7, 11) is 0. The normalized spacial score (nSPS) is 11.0. The second-order valence-electron chi connectivity index (χ2n) is 4.83. The number of aromatic nitrogens is 1. The average Bonchev–Trinajstić information content (AvgIpc) is 3.02. The van der Waals surface area contributed by atoms with Gasteiger partial charge in [0.25, 0.3) is 0 Å². The Morgan fingerprint density at radius 2 is 1.78 bits per heavy atom. The minimum atomic E-state index is -1.22. The summed E-state index contributed by atoms with van der Waals surface area (Å²) in [5, 5.41) is 19.0. The van der Waals surface area contributed by atoms with Crippen LogP contribution in [0.2, 0.25) is 10.0 Å². The molecule has 0 radical (unpaired) electrons. The van der Waals surface area contributed by atoms with Crippen LogP contribution in [0.15, 0.2) is 34.7 Å². The van der Waals surface area contributed by atoms with E-state index >= 15 is 0 Å². The van der Waals surface area contributed by atoms with Crippen molar-refractivity contribution in [3.63, 3.8) is 0 Å². The Labute approximate surface area is 139 Å². The number of nitrogens with zero attached hydrogens (tertiary/aromatic N) is 1. The molecule has 3 aromatic rings. The van der Waals surface area contributed by atoms with Crippen molar-refractivity contribution in [3.8, 4) is 0 Å². The molecule has 0 aliphatic carbocycles. The molecule has 23 heavy (non-hydrogen) atoms. The molecule has 0 saturated heterocycles. The summed E-state index contributed by atoms with van der Waals surface area (Å²) in [4.78, 5) is 22.4. The standard InChI is InChI=1S/C15H9Cl2NO5/c16-8-2-1-7(3-9(8)17)6-18-10-4-13(15(21)22)23-12(10)5-11(18)14(19)20/h1-5H,6H2,(H,19,20)(H,21,22). The van der Waals surface area contributed by atoms with Crippen LogP contribution in [0.1, 0.15) is 26.6 Å². The summed E-state index contributed by atoms with van der Waals surface area (Å²) in [6, 6.07) is 7.53. The van der Waals surface area contributed by atoms with E-state index < -0.39 is 11.9 Å². The van der Waals surface area contributed by atoms with Gasteiger partial charge in [-0.25, -0.2) is 9.59 Å². The van der Waals surface area contributed by atoms with E-state index in [9.17, 15) is 14.7 Å². The molecule has 0 fully saturated rings. The van der Waals surface area contributed by atoms with E-state index in [4.69, 9.17) is 32.7 Å². The van der Waals surface area contributed by atoms with Crippen LogP contribution in [-0.4, -0.2) is 26.7 Å². The van der Waals surface area contributed by atoms with Gasteiger partial charge in [-0.3, -0.25) is 0 Å². The number of furan rings is 1. The first-order chi connectivity index (χ1) is 10.9. The fourth-order valence-corrected chi connectivity index (χ4v) is 2.64. The zero-order chi connectivity index (χ0) is 16.7. The first-order valence-corrected chi connectivity index (χ1v) is 7.16. The van der Waals surface area contributed by atoms with Crippen LogP contribution in [0.5, 0.6) is 0 Å². The average molecular weight is 354 g/mol. The maximum absolute atomic E-state index is 11.4. The highest BCUT2D eigenvalue weighted by Crippen LogP contribution is 2.27. The molecule has 0 aliphatic heterocycles. The highest BCUT2D eigenvalue weighted by molar-refractivity contribution is 6.42. The van der Waals surface area contributed by atoms with Gasteiger partial charge in [0, 0.05) is 18.7 Å². The van der Waals surface area contributed by atoms with Crippen molar-refractivity contribution in [2.75, 3.05) is 0 Å². The van der Waals surface area contributed by atoms with E-state index in [1.54, 1.807) is 18.2 Å². The number of carboxylic acids is 2. The molecule has 3 rings (SSSR count). The number of halogens is 2. The molecule has 2 aromatic heterocycles. The van der Waals surface area contributed by atoms with Crippen LogP contribution in [0.4, 0.5) is 0 Å². The van der Waals surface area contributed by atoms with E-state index in [1.807, 2.05) is 0 Å². The van der Waals surface area contributed by atoms with Gasteiger partial charge >= 0.3 is 11.9 Å². The van der Waals surface area contributed by atoms with Crippen molar-refractivity contribution in [3.05, 3.63) is 57.4 Å². The van der Waals surface area contributed by atoms with Gasteiger partial charge in [-0.05, 0) is 17.7 Å². The number of hydrogen-bond acceptors (Lipinski definition) is 3. The molecular weight excluding hydrogens is 345 g/mol. The molecule has 0 atom stereocenters. The fraction of sp³-hybridized carbons (Fsp3) is 0.0667. The first kappa shape index (κ1) is 15.5. The number of benzene rings is 1. The number of carboxylic acid groups (broad SMARTS) is 2. The molecule has 8 heteroatoms. The van der Waals surface area contributed by atoms with Gasteiger partial charge < -0.3 is 19.2 Å². The fourth-order valence-electron chi connectivity index (χ4n) is 2.32. The number of fused-ring (bicyclic) bond motifs is 1. The largest absolute Gasteiger partial charge is 0.477 e. The van der Waals surface area contributed by atoms with E-state index in [1.165, 1.54) is 16.7 Å². The number of aromatic carboxylic acids is 2. The molecule has 0 bridgehead atoms. The minimum Gasteiger partial charge on any atom is -0.477 e. The molecule has 2 heterocycles. The highest BCUT2D eigenvalue weighted by Gasteiger charge is 2.20. The van der Waals surface area contributed by atoms with Crippen LogP contribution < -0.4 is 0 Å². The quantitative estimate of drug-likeness (QED) is 0.739. The summed E-state index contributed by atoms with van der Waals surface area (Å²) >= 11 is 11.8. The van der Waals surface area contributed by atoms with Crippen LogP contribution in [-0.2, 0) is 6.54 Å². The van der Waals surface area contributed by atoms with Gasteiger partial charge in [0.1, 0.15) is 5.69 Å². The molecular formula is C15H9Cl2NO5. The lowest BCUT2D eigenvalue weighted by molar-refractivity contribution is 0.0662. The third-order valence-electron chi connectivity index (χ3n) is 3.34. The summed E-state index contributed by atoms with van der Waals surface area (Å²) in [6.07, 6.45) is 0. The zero-order valence-electron chi connectivity index (χ0n) is 11.4. The summed E-state index contributed by atoms with van der Waals surface area (Å²) in [6.45, 7) is 0.181. The number of carbonyl (C=O) groups is 2. The lowest BCUT2D eigenvalue weighted by Crippen LogP contribution is -2.09. The van der Waals surface area contributed by atoms with Gasteiger partial charge in [-0.15, -0.1) is 0 Å². The molecule has 1 aromatic carbocycles. The molecule has 0 saturated carbocycles. The van der Waals surface area contributed by atoms with Crippen LogP contribution in [0.25, 0.3) is 11.1 Å². The number of hydrogen-bond donors (Lipinski definition) is 2. The maximum atomic E-state index is 11.4. The van der Waals surface area contributed by atoms with Crippen molar-refractivity contribution in [2.45, 2.75) is 6.54 Å². The number of rotatable bonds is 4. The Kier molecular flexibility index (Phi) is 3.79. The Hall–Kier alpha value is -2.44. The lowest BCUT2D eigenvalue weighted by Gasteiger charge is -2.08. The summed E-state index contributed by atoms with van der Waals surface area (Å²) in [5.74, 6) is -2.62. The van der Waals surface area contributed by atoms with E-state index in [-0.39, 0.29) is 23.6 Å². The minimum absolute atomic E-state index is 0.0123. The van der Waals surface area contributed by atoms with Crippen molar-refractivity contribution >= 4 is 46.2 Å². The molecule has 2 N–H and O–H groups in total. The highest BCUT2D eigenvalue weighted by atomic mass is 35.5. The predicted octanol–water partition coefficient (Wildman–Crippen LogP) is 3.99. The molecule has 0 unspecified atom stereocenters. The zero-order valence-corrected chi connectivity index (χ0v) is 12.9. The van der Waals surface area contributed by atoms with Gasteiger partial charge in [0.15, 0.2) is 5.58 Å². The Morgan fingerprint density at radius 1 is 1.04 bits per heavy atom. The van der Waals surface area contributed by atoms with Gasteiger partial charge in [-0.2, -0.15) is 0 Å². The van der Waals surface area contributed by atoms with E-state index in [2.05, 4.69) is 0 Å². The lowest BCUT2D eigenvalue weighted by atomic mass is 10.2. The topological polar surface area (TPSA) is 92.7 Å². The predicted molar refractivity (Wildman–Crippen MR) is 83.7 cm³/mol. The summed E-state index contributed by atoms with van der Waals surface area (Å²) in [5.41, 5.74) is 1.28. The molecule has 0 amide bonds. The van der Waals surface area contributed by atoms with Crippen molar-refractivity contribution in [2.24, 2.45) is 0 Å². The molecule has 118 valence electrons. The van der Waals surface area contributed by atoms with Crippen molar-refractivity contribution < 1.29 is 24.2 Å². The third-order valence-corrected chi connectivity index (χ3v) is 4.08. The molecule has 0 aliphatic rings. The second kappa shape index (κ2) is 5.64. The Morgan fingerprint density at radius 3 is 2.39 bits per heavy atom. The first-order valence-electron chi connectivity index (χ1n) is 6.40. The third kappa shape index (κ3) is 2.78. The van der Waals surface area contributed by atoms with E-state index in [0.717, 1.165) is 5.56 Å². The van der Waals surface area contributed by atoms with Crippen LogP contribution >= 0.6 is 23.2 Å². The van der Waals surface area contributed by atoms with E-state index in [0.29, 0.717) is 15.6 Å². The smallest absolute Gasteiger partial charge is 0.371 e. The van der Waals surface area contributed by atoms with Gasteiger partial charge in [0.05, 0.1) is 15.6 Å². The van der Waals surface area contributed by atoms with Crippen LogP contribution in [0.3, 0.4) is 0 Å². The Bertz CT molecular complexity index is 941. The van der Waals surface area contributed by atoms with Crippen LogP contribution in [0, 0.1) is 0 Å². The second-order valence-corrected chi connectivity index (χ2v) is 5.65. The monoisotopic (exact) mass is 353 g/mol. The summed E-state index contributed by atoms with van der Waals surface area (Å²) < 4.78 is 6.60. The SMILES string of the molecule is O=C(O)c1cc2c(cc(C(=O)O)n2Cc2ccc(Cl)c(Cl)c2)o1.